The van der Waals surface area contributed by atoms with E-state index in [-0.39, 0.29) is 33.9 Å². The second-order valence-electron chi connectivity index (χ2n) is 11.6. The van der Waals surface area contributed by atoms with E-state index in [9.17, 15) is 22.8 Å². The number of sulfonamides is 1. The lowest BCUT2D eigenvalue weighted by atomic mass is 10.0. The molecule has 6 rings (SSSR count). The highest BCUT2D eigenvalue weighted by Gasteiger charge is 2.43. The van der Waals surface area contributed by atoms with E-state index in [1.165, 1.54) is 23.1 Å². The lowest BCUT2D eigenvalue weighted by Crippen LogP contribution is -2.57. The van der Waals surface area contributed by atoms with Crippen molar-refractivity contribution >= 4 is 72.3 Å². The average Bonchev–Trinajstić information content (AvgIpc) is 3.45. The van der Waals surface area contributed by atoms with Crippen LogP contribution in [0.4, 0.5) is 15.8 Å². The number of fused-ring (bicyclic) bond motifs is 1. The number of aromatic nitrogens is 1. The van der Waals surface area contributed by atoms with Gasteiger partial charge in [0.2, 0.25) is 17.7 Å². The molecule has 1 aromatic carbocycles. The fourth-order valence-electron chi connectivity index (χ4n) is 6.09. The molecule has 11 nitrogen and oxygen atoms in total. The number of rotatable bonds is 7. The van der Waals surface area contributed by atoms with E-state index in [0.717, 1.165) is 28.5 Å². The van der Waals surface area contributed by atoms with Crippen LogP contribution in [-0.4, -0.2) is 104 Å². The predicted octanol–water partition coefficient (Wildman–Crippen LogP) is 3.57. The fraction of sp³-hybridized carbons (Fsp3) is 0.467. The normalized spacial score (nSPS) is 20.4. The Bertz CT molecular complexity index is 1750. The van der Waals surface area contributed by atoms with Crippen molar-refractivity contribution in [3.05, 3.63) is 47.4 Å². The number of pyridine rings is 1. The minimum Gasteiger partial charge on any atom is -0.339 e. The number of carbonyl (C=O) groups excluding carboxylic acids is 3. The number of piperazine rings is 1. The molecule has 0 N–H and O–H groups in total. The Morgan fingerprint density at radius 3 is 2.51 bits per heavy atom. The van der Waals surface area contributed by atoms with E-state index in [2.05, 4.69) is 9.88 Å². The molecular weight excluding hydrogens is 643 g/mol. The summed E-state index contributed by atoms with van der Waals surface area (Å²) >= 11 is 6.96. The molecule has 0 saturated carbocycles. The number of thiophene rings is 1. The fourth-order valence-corrected chi connectivity index (χ4v) is 9.32. The van der Waals surface area contributed by atoms with E-state index in [1.807, 2.05) is 7.05 Å². The van der Waals surface area contributed by atoms with Gasteiger partial charge in [-0.3, -0.25) is 14.4 Å². The van der Waals surface area contributed by atoms with Gasteiger partial charge in [0, 0.05) is 56.8 Å². The van der Waals surface area contributed by atoms with Crippen LogP contribution in [0.2, 0.25) is 5.15 Å². The summed E-state index contributed by atoms with van der Waals surface area (Å²) in [6.07, 6.45) is 2.57. The van der Waals surface area contributed by atoms with Gasteiger partial charge in [0.25, 0.3) is 10.0 Å². The molecule has 0 bridgehead atoms. The van der Waals surface area contributed by atoms with Crippen molar-refractivity contribution in [2.45, 2.75) is 42.4 Å². The van der Waals surface area contributed by atoms with Crippen LogP contribution in [-0.2, 0) is 24.4 Å². The van der Waals surface area contributed by atoms with Crippen molar-refractivity contribution in [2.75, 3.05) is 62.7 Å². The Hall–Kier alpha value is -3.17. The Morgan fingerprint density at radius 2 is 1.78 bits per heavy atom. The lowest BCUT2D eigenvalue weighted by molar-refractivity contribution is -0.134. The third-order valence-electron chi connectivity index (χ3n) is 8.65. The number of nitrogens with zero attached hydrogens (tertiary/aromatic N) is 6. The molecule has 3 saturated heterocycles. The van der Waals surface area contributed by atoms with E-state index < -0.39 is 40.2 Å². The van der Waals surface area contributed by atoms with Crippen molar-refractivity contribution in [1.29, 1.82) is 0 Å². The maximum atomic E-state index is 15.6. The Morgan fingerprint density at radius 1 is 1.02 bits per heavy atom. The maximum Gasteiger partial charge on any atom is 0.253 e. The topological polar surface area (TPSA) is 114 Å². The van der Waals surface area contributed by atoms with Gasteiger partial charge in [-0.2, -0.15) is 4.31 Å². The largest absolute Gasteiger partial charge is 0.339 e. The maximum absolute atomic E-state index is 15.6. The van der Waals surface area contributed by atoms with Gasteiger partial charge in [-0.1, -0.05) is 11.6 Å². The third-order valence-corrected chi connectivity index (χ3v) is 12.2. The first-order chi connectivity index (χ1) is 21.5. The monoisotopic (exact) mass is 676 g/mol. The van der Waals surface area contributed by atoms with Crippen LogP contribution in [0.25, 0.3) is 10.2 Å². The zero-order valence-corrected chi connectivity index (χ0v) is 27.2. The second kappa shape index (κ2) is 12.9. The van der Waals surface area contributed by atoms with Crippen LogP contribution in [0.1, 0.15) is 32.1 Å². The molecule has 3 amide bonds. The smallest absolute Gasteiger partial charge is 0.253 e. The van der Waals surface area contributed by atoms with Gasteiger partial charge in [0.1, 0.15) is 26.1 Å². The van der Waals surface area contributed by atoms with Crippen LogP contribution in [0.15, 0.2) is 40.6 Å². The molecule has 2 aromatic heterocycles. The van der Waals surface area contributed by atoms with E-state index in [4.69, 9.17) is 11.6 Å². The number of hydrogen-bond donors (Lipinski definition) is 0. The van der Waals surface area contributed by atoms with Gasteiger partial charge in [-0.15, -0.1) is 11.3 Å². The van der Waals surface area contributed by atoms with E-state index in [0.29, 0.717) is 61.5 Å². The SMILES string of the molecule is CN1CCN(C(=O)CN(C2CCCN(c3ccc(N4CCCCC4=O)cc3F)C2=O)S(=O)(=O)c2cc3ccc(Cl)nc3s2)CC1. The molecule has 0 aliphatic carbocycles. The number of carbonyl (C=O) groups is 3. The van der Waals surface area contributed by atoms with Crippen LogP contribution >= 0.6 is 22.9 Å². The summed E-state index contributed by atoms with van der Waals surface area (Å²) in [5.74, 6) is -1.78. The molecule has 3 aliphatic heterocycles. The van der Waals surface area contributed by atoms with Crippen LogP contribution in [0, 0.1) is 5.82 Å². The number of benzene rings is 1. The lowest BCUT2D eigenvalue weighted by Gasteiger charge is -2.39. The number of halogens is 2. The van der Waals surface area contributed by atoms with E-state index in [1.54, 1.807) is 28.0 Å². The van der Waals surface area contributed by atoms with Crippen LogP contribution in [0.5, 0.6) is 0 Å². The number of likely N-dealkylation sites (N-methyl/N-ethyl adjacent to an activating group) is 1. The third kappa shape index (κ3) is 6.43. The van der Waals surface area contributed by atoms with Gasteiger partial charge in [0.15, 0.2) is 0 Å². The van der Waals surface area contributed by atoms with Crippen molar-refractivity contribution in [3.63, 3.8) is 0 Å². The molecule has 240 valence electrons. The highest BCUT2D eigenvalue weighted by Crippen LogP contribution is 2.35. The predicted molar refractivity (Wildman–Crippen MR) is 171 cm³/mol. The molecule has 1 atom stereocenters. The number of piperidine rings is 2. The van der Waals surface area contributed by atoms with Gasteiger partial charge < -0.3 is 19.6 Å². The Kier molecular flexibility index (Phi) is 9.12. The molecule has 3 fully saturated rings. The molecule has 15 heteroatoms. The van der Waals surface area contributed by atoms with E-state index >= 15 is 4.39 Å². The number of hydrogen-bond acceptors (Lipinski definition) is 8. The summed E-state index contributed by atoms with van der Waals surface area (Å²) in [7, 11) is -2.42. The van der Waals surface area contributed by atoms with Crippen molar-refractivity contribution in [1.82, 2.24) is 19.1 Å². The molecule has 0 radical (unpaired) electrons. The van der Waals surface area contributed by atoms with Gasteiger partial charge in [-0.05, 0) is 69.1 Å². The first kappa shape index (κ1) is 31.8. The minimum atomic E-state index is -4.37. The van der Waals surface area contributed by atoms with Crippen molar-refractivity contribution < 1.29 is 27.2 Å². The summed E-state index contributed by atoms with van der Waals surface area (Å²) in [4.78, 5) is 51.1. The number of amides is 3. The molecule has 3 aromatic rings. The summed E-state index contributed by atoms with van der Waals surface area (Å²) < 4.78 is 45.1. The van der Waals surface area contributed by atoms with Crippen molar-refractivity contribution in [2.24, 2.45) is 0 Å². The van der Waals surface area contributed by atoms with Crippen molar-refractivity contribution in [3.8, 4) is 0 Å². The molecule has 1 unspecified atom stereocenters. The Balaban J connectivity index is 1.32. The quantitative estimate of drug-likeness (QED) is 0.352. The molecule has 3 aliphatic rings. The first-order valence-electron chi connectivity index (χ1n) is 15.0. The zero-order chi connectivity index (χ0) is 31.9. The molecular formula is C30H34ClFN6O5S2. The van der Waals surface area contributed by atoms with Gasteiger partial charge >= 0.3 is 0 Å². The second-order valence-corrected chi connectivity index (χ2v) is 15.1. The standard InChI is InChI=1S/C30H34ClFN6O5S2/c1-34-13-15-35(16-14-34)27(40)19-38(45(42,43)28-17-20-7-10-25(31)33-29(20)44-28)24-5-4-12-37(30(24)41)23-9-8-21(18-22(23)32)36-11-3-2-6-26(36)39/h7-10,17-18,24H,2-6,11-16,19H2,1H3. The van der Waals surface area contributed by atoms with Crippen LogP contribution < -0.4 is 9.80 Å². The molecule has 0 spiro atoms. The summed E-state index contributed by atoms with van der Waals surface area (Å²) in [6.45, 7) is 2.32. The summed E-state index contributed by atoms with van der Waals surface area (Å²) in [5.41, 5.74) is 0.420. The van der Waals surface area contributed by atoms with Crippen LogP contribution in [0.3, 0.4) is 0 Å². The first-order valence-corrected chi connectivity index (χ1v) is 17.6. The summed E-state index contributed by atoms with van der Waals surface area (Å²) in [5, 5.41) is 0.783. The van der Waals surface area contributed by atoms with Gasteiger partial charge in [-0.25, -0.2) is 17.8 Å². The van der Waals surface area contributed by atoms with Gasteiger partial charge in [0.05, 0.1) is 12.2 Å². The highest BCUT2D eigenvalue weighted by atomic mass is 35.5. The Labute approximate surface area is 270 Å². The zero-order valence-electron chi connectivity index (χ0n) is 24.8. The minimum absolute atomic E-state index is 0.00125. The molecule has 45 heavy (non-hydrogen) atoms. The molecule has 5 heterocycles. The summed E-state index contributed by atoms with van der Waals surface area (Å²) in [6, 6.07) is 7.78. The highest BCUT2D eigenvalue weighted by molar-refractivity contribution is 7.91. The average molecular weight is 677 g/mol. The number of anilines is 2.